The second kappa shape index (κ2) is 5.89. The number of H-pyrrole nitrogens is 2. The van der Waals surface area contributed by atoms with Gasteiger partial charge in [-0.1, -0.05) is 6.92 Å². The lowest BCUT2D eigenvalue weighted by Gasteiger charge is -1.92. The minimum absolute atomic E-state index is 0.0353. The van der Waals surface area contributed by atoms with Gasteiger partial charge in [-0.05, 0) is 6.42 Å². The summed E-state index contributed by atoms with van der Waals surface area (Å²) >= 11 is 0. The van der Waals surface area contributed by atoms with Crippen molar-refractivity contribution in [1.29, 1.82) is 0 Å². The van der Waals surface area contributed by atoms with Gasteiger partial charge in [0.2, 0.25) is 0 Å². The summed E-state index contributed by atoms with van der Waals surface area (Å²) in [5, 5.41) is 8.40. The van der Waals surface area contributed by atoms with Crippen molar-refractivity contribution < 1.29 is 9.90 Å². The number of nitrogens with one attached hydrogen (secondary N) is 2. The molecule has 104 valence electrons. The van der Waals surface area contributed by atoms with E-state index in [2.05, 4.69) is 9.97 Å². The maximum absolute atomic E-state index is 10.7. The molecule has 0 fully saturated rings. The van der Waals surface area contributed by atoms with Gasteiger partial charge in [0, 0.05) is 32.2 Å². The summed E-state index contributed by atoms with van der Waals surface area (Å²) < 4.78 is 2.64. The number of carboxylic acid groups (broad SMARTS) is 1. The summed E-state index contributed by atoms with van der Waals surface area (Å²) in [4.78, 5) is 36.4. The first-order valence-electron chi connectivity index (χ1n) is 5.59. The fourth-order valence-corrected chi connectivity index (χ4v) is 1.45. The van der Waals surface area contributed by atoms with Crippen LogP contribution in [0.1, 0.15) is 23.1 Å². The number of hydrogen-bond donors (Lipinski definition) is 3. The minimum Gasteiger partial charge on any atom is -0.477 e. The smallest absolute Gasteiger partial charge is 0.354 e. The lowest BCUT2D eigenvalue weighted by molar-refractivity contribution is 0.0686. The molecule has 8 nitrogen and oxygen atoms in total. The molecule has 0 radical (unpaired) electrons. The highest BCUT2D eigenvalue weighted by molar-refractivity contribution is 5.85. The van der Waals surface area contributed by atoms with Crippen molar-refractivity contribution in [2.24, 2.45) is 14.1 Å². The first kappa shape index (κ1) is 14.6. The normalized spacial score (nSPS) is 9.84. The van der Waals surface area contributed by atoms with E-state index < -0.39 is 11.7 Å². The Labute approximate surface area is 108 Å². The highest BCUT2D eigenvalue weighted by atomic mass is 16.4. The zero-order valence-corrected chi connectivity index (χ0v) is 10.9. The minimum atomic E-state index is -1.11. The molecular formula is C11H16N4O4. The maximum atomic E-state index is 10.7. The lowest BCUT2D eigenvalue weighted by Crippen LogP contribution is -2.16. The third-order valence-electron chi connectivity index (χ3n) is 2.68. The Morgan fingerprint density at radius 1 is 1.16 bits per heavy atom. The summed E-state index contributed by atoms with van der Waals surface area (Å²) in [6.45, 7) is 2.02. The van der Waals surface area contributed by atoms with E-state index >= 15 is 0 Å². The van der Waals surface area contributed by atoms with Crippen LogP contribution in [0.4, 0.5) is 0 Å². The third kappa shape index (κ3) is 3.24. The molecule has 0 bridgehead atoms. The number of nitrogens with zero attached hydrogens (tertiary/aromatic N) is 2. The Balaban J connectivity index is 0.000000191. The number of aromatic amines is 2. The number of aromatic nitrogens is 4. The molecule has 0 aliphatic carbocycles. The van der Waals surface area contributed by atoms with Crippen molar-refractivity contribution in [3.63, 3.8) is 0 Å². The molecular weight excluding hydrogens is 252 g/mol. The monoisotopic (exact) mass is 268 g/mol. The Morgan fingerprint density at radius 2 is 1.68 bits per heavy atom. The molecule has 0 spiro atoms. The Hall–Kier alpha value is -2.51. The fraction of sp³-hybridized carbons (Fsp3) is 0.364. The predicted octanol–water partition coefficient (Wildman–Crippen LogP) is -0.313. The van der Waals surface area contributed by atoms with E-state index in [9.17, 15) is 14.4 Å². The standard InChI is InChI=1S/C6H10N2O.C5H6N2O3/c1-3-5-4-7-6(9)8(5)2;1-7-3(4(8)9)2-6-5(7)10/h4H,3H2,1-2H3,(H,7,9);2H,1H3,(H,6,10)(H,8,9). The van der Waals surface area contributed by atoms with Crippen LogP contribution >= 0.6 is 0 Å². The van der Waals surface area contributed by atoms with Crippen molar-refractivity contribution in [3.05, 3.63) is 44.8 Å². The van der Waals surface area contributed by atoms with Gasteiger partial charge in [-0.15, -0.1) is 0 Å². The van der Waals surface area contributed by atoms with E-state index in [4.69, 9.17) is 5.11 Å². The number of hydrogen-bond acceptors (Lipinski definition) is 3. The van der Waals surface area contributed by atoms with Crippen molar-refractivity contribution in [2.75, 3.05) is 0 Å². The van der Waals surface area contributed by atoms with Gasteiger partial charge in [0.05, 0.1) is 0 Å². The van der Waals surface area contributed by atoms with Gasteiger partial charge in [0.25, 0.3) is 0 Å². The number of carboxylic acids is 1. The van der Waals surface area contributed by atoms with Crippen molar-refractivity contribution in [2.45, 2.75) is 13.3 Å². The highest BCUT2D eigenvalue weighted by Crippen LogP contribution is 1.90. The summed E-state index contributed by atoms with van der Waals surface area (Å²) in [5.41, 5.74) is 0.550. The second-order valence-corrected chi connectivity index (χ2v) is 3.84. The van der Waals surface area contributed by atoms with Crippen molar-refractivity contribution in [1.82, 2.24) is 19.1 Å². The van der Waals surface area contributed by atoms with Crippen LogP contribution in [0.2, 0.25) is 0 Å². The molecule has 0 aliphatic rings. The van der Waals surface area contributed by atoms with E-state index in [1.165, 1.54) is 7.05 Å². The van der Waals surface area contributed by atoms with Gasteiger partial charge >= 0.3 is 17.3 Å². The van der Waals surface area contributed by atoms with Crippen LogP contribution in [0.15, 0.2) is 22.0 Å². The molecule has 0 amide bonds. The van der Waals surface area contributed by atoms with Gasteiger partial charge in [0.1, 0.15) is 5.69 Å². The number of imidazole rings is 2. The van der Waals surface area contributed by atoms with Gasteiger partial charge < -0.3 is 15.1 Å². The van der Waals surface area contributed by atoms with Gasteiger partial charge in [-0.25, -0.2) is 14.4 Å². The topological polar surface area (TPSA) is 113 Å². The van der Waals surface area contributed by atoms with E-state index in [0.29, 0.717) is 0 Å². The number of aromatic carboxylic acids is 1. The average molecular weight is 268 g/mol. The van der Waals surface area contributed by atoms with Crippen LogP contribution < -0.4 is 11.4 Å². The van der Waals surface area contributed by atoms with Gasteiger partial charge in [0.15, 0.2) is 0 Å². The van der Waals surface area contributed by atoms with Crippen LogP contribution in [0.25, 0.3) is 0 Å². The molecule has 3 N–H and O–H groups in total. The predicted molar refractivity (Wildman–Crippen MR) is 68.4 cm³/mol. The van der Waals surface area contributed by atoms with Gasteiger partial charge in [-0.3, -0.25) is 9.13 Å². The van der Waals surface area contributed by atoms with Crippen LogP contribution in [-0.4, -0.2) is 30.2 Å². The first-order valence-corrected chi connectivity index (χ1v) is 5.59. The van der Waals surface area contributed by atoms with Crippen molar-refractivity contribution >= 4 is 5.97 Å². The van der Waals surface area contributed by atoms with Crippen LogP contribution in [0, 0.1) is 0 Å². The molecule has 2 heterocycles. The highest BCUT2D eigenvalue weighted by Gasteiger charge is 2.07. The largest absolute Gasteiger partial charge is 0.477 e. The van der Waals surface area contributed by atoms with Crippen LogP contribution in [-0.2, 0) is 20.5 Å². The summed E-state index contributed by atoms with van der Waals surface area (Å²) in [6.07, 6.45) is 3.79. The summed E-state index contributed by atoms with van der Waals surface area (Å²) in [7, 11) is 3.15. The van der Waals surface area contributed by atoms with E-state index in [1.54, 1.807) is 17.8 Å². The summed E-state index contributed by atoms with van der Waals surface area (Å²) in [6, 6.07) is 0. The first-order chi connectivity index (χ1) is 8.88. The molecule has 8 heteroatoms. The quantitative estimate of drug-likeness (QED) is 0.693. The molecule has 0 saturated carbocycles. The van der Waals surface area contributed by atoms with Gasteiger partial charge in [-0.2, -0.15) is 0 Å². The lowest BCUT2D eigenvalue weighted by atomic mass is 10.4. The van der Waals surface area contributed by atoms with Crippen LogP contribution in [0.3, 0.4) is 0 Å². The molecule has 0 unspecified atom stereocenters. The second-order valence-electron chi connectivity index (χ2n) is 3.84. The van der Waals surface area contributed by atoms with E-state index in [-0.39, 0.29) is 11.4 Å². The van der Waals surface area contributed by atoms with E-state index in [0.717, 1.165) is 22.9 Å². The maximum Gasteiger partial charge on any atom is 0.354 e. The Bertz CT molecular complexity index is 673. The number of rotatable bonds is 2. The average Bonchev–Trinajstić information content (AvgIpc) is 2.86. The SMILES string of the molecule is CCc1c[nH]c(=O)n1C.Cn1c(C(=O)O)c[nH]c1=O. The third-order valence-corrected chi connectivity index (χ3v) is 2.68. The van der Waals surface area contributed by atoms with Crippen LogP contribution in [0.5, 0.6) is 0 Å². The molecule has 2 aromatic rings. The Kier molecular flexibility index (Phi) is 4.51. The molecule has 2 rings (SSSR count). The Morgan fingerprint density at radius 3 is 1.89 bits per heavy atom. The molecule has 19 heavy (non-hydrogen) atoms. The molecule has 0 aromatic carbocycles. The van der Waals surface area contributed by atoms with Crippen molar-refractivity contribution in [3.8, 4) is 0 Å². The molecule has 0 saturated heterocycles. The number of carbonyl (C=O) groups is 1. The molecule has 0 aliphatic heterocycles. The van der Waals surface area contributed by atoms with E-state index in [1.807, 2.05) is 6.92 Å². The molecule has 2 aromatic heterocycles. The summed E-state index contributed by atoms with van der Waals surface area (Å²) in [5.74, 6) is -1.11. The zero-order valence-electron chi connectivity index (χ0n) is 10.9. The molecule has 0 atom stereocenters. The zero-order chi connectivity index (χ0) is 14.6. The number of aryl methyl sites for hydroxylation is 1. The fourth-order valence-electron chi connectivity index (χ4n) is 1.45.